The molecule has 3 aromatic rings. The number of carbonyl (C=O) groups is 1. The fourth-order valence-corrected chi connectivity index (χ4v) is 4.23. The van der Waals surface area contributed by atoms with Crippen LogP contribution in [0.5, 0.6) is 5.75 Å². The van der Waals surface area contributed by atoms with Gasteiger partial charge in [-0.05, 0) is 49.0 Å². The van der Waals surface area contributed by atoms with Gasteiger partial charge in [-0.3, -0.25) is 4.79 Å². The summed E-state index contributed by atoms with van der Waals surface area (Å²) in [4.78, 5) is 21.4. The number of benzene rings is 2. The van der Waals surface area contributed by atoms with E-state index in [2.05, 4.69) is 22.4 Å². The summed E-state index contributed by atoms with van der Waals surface area (Å²) in [6.45, 7) is 2.58. The van der Waals surface area contributed by atoms with Gasteiger partial charge in [-0.15, -0.1) is 0 Å². The number of halogens is 1. The second-order valence-corrected chi connectivity index (χ2v) is 8.59. The van der Waals surface area contributed by atoms with Crippen LogP contribution >= 0.6 is 25.1 Å². The van der Waals surface area contributed by atoms with Crippen molar-refractivity contribution in [2.45, 2.75) is 19.1 Å². The van der Waals surface area contributed by atoms with Gasteiger partial charge in [0.25, 0.3) is 5.91 Å². The highest BCUT2D eigenvalue weighted by atomic mass is 35.5. The van der Waals surface area contributed by atoms with Crippen molar-refractivity contribution >= 4 is 36.8 Å². The molecule has 0 aliphatic carbocycles. The highest BCUT2D eigenvalue weighted by Crippen LogP contribution is 2.30. The molecule has 1 atom stereocenters. The number of rotatable bonds is 8. The lowest BCUT2D eigenvalue weighted by Crippen LogP contribution is -2.33. The smallest absolute Gasteiger partial charge is 0.257 e. The molecule has 0 spiro atoms. The van der Waals surface area contributed by atoms with Gasteiger partial charge in [0, 0.05) is 44.3 Å². The minimum atomic E-state index is -0.0766. The second-order valence-electron chi connectivity index (χ2n) is 8.19. The third kappa shape index (κ3) is 6.03. The molecule has 1 amide bonds. The summed E-state index contributed by atoms with van der Waals surface area (Å²) >= 11 is 6.65. The average molecular weight is 499 g/mol. The lowest BCUT2D eigenvalue weighted by molar-refractivity contribution is 0.0755. The van der Waals surface area contributed by atoms with Crippen LogP contribution in [0.4, 0.5) is 5.82 Å². The number of ether oxygens (including phenoxy) is 1. The van der Waals surface area contributed by atoms with Crippen molar-refractivity contribution in [1.82, 2.24) is 15.2 Å². The normalized spacial score (nSPS) is 14.1. The van der Waals surface area contributed by atoms with Crippen molar-refractivity contribution in [1.29, 1.82) is 0 Å². The molecule has 4 rings (SSSR count). The number of likely N-dealkylation sites (N-methyl/N-ethyl adjacent to an activating group) is 1. The maximum Gasteiger partial charge on any atom is 0.257 e. The fourth-order valence-electron chi connectivity index (χ4n) is 4.00. The van der Waals surface area contributed by atoms with Crippen molar-refractivity contribution in [2.24, 2.45) is 0 Å². The third-order valence-electron chi connectivity index (χ3n) is 5.86. The minimum absolute atomic E-state index is 0. The van der Waals surface area contributed by atoms with Crippen LogP contribution in [-0.4, -0.2) is 49.5 Å². The zero-order valence-electron chi connectivity index (χ0n) is 19.5. The van der Waals surface area contributed by atoms with E-state index in [1.165, 1.54) is 0 Å². The summed E-state index contributed by atoms with van der Waals surface area (Å²) < 4.78 is 6.31. The summed E-state index contributed by atoms with van der Waals surface area (Å²) in [7, 11) is 3.89. The van der Waals surface area contributed by atoms with Gasteiger partial charge in [0.15, 0.2) is 0 Å². The Morgan fingerprint density at radius 2 is 1.91 bits per heavy atom. The van der Waals surface area contributed by atoms with Crippen LogP contribution in [0.1, 0.15) is 34.0 Å². The van der Waals surface area contributed by atoms with Gasteiger partial charge in [0.05, 0.1) is 5.56 Å². The van der Waals surface area contributed by atoms with Crippen LogP contribution in [-0.2, 0) is 6.54 Å². The number of carbonyl (C=O) groups excluding carboxylic acids is 1. The van der Waals surface area contributed by atoms with Crippen LogP contribution in [0, 0.1) is 0 Å². The Kier molecular flexibility index (Phi) is 9.21. The van der Waals surface area contributed by atoms with E-state index in [1.807, 2.05) is 66.4 Å². The molecule has 1 N–H and O–H groups in total. The highest BCUT2D eigenvalue weighted by molar-refractivity contribution is 7.59. The average Bonchev–Trinajstić information content (AvgIpc) is 2.96. The number of pyridine rings is 1. The fraction of sp³-hybridized carbons (Fsp3) is 0.308. The molecule has 2 aromatic carbocycles. The largest absolute Gasteiger partial charge is 0.486 e. The van der Waals surface area contributed by atoms with Crippen LogP contribution in [0.2, 0.25) is 5.02 Å². The molecule has 34 heavy (non-hydrogen) atoms. The second kappa shape index (κ2) is 12.1. The first-order valence-electron chi connectivity index (χ1n) is 11.2. The summed E-state index contributed by atoms with van der Waals surface area (Å²) in [6, 6.07) is 19.5. The van der Waals surface area contributed by atoms with E-state index in [0.717, 1.165) is 24.1 Å². The molecule has 0 saturated heterocycles. The van der Waals surface area contributed by atoms with E-state index >= 15 is 0 Å². The monoisotopic (exact) mass is 498 g/mol. The van der Waals surface area contributed by atoms with Crippen molar-refractivity contribution < 1.29 is 9.53 Å². The first-order valence-corrected chi connectivity index (χ1v) is 11.5. The zero-order valence-corrected chi connectivity index (χ0v) is 21.3. The van der Waals surface area contributed by atoms with E-state index in [0.29, 0.717) is 41.8 Å². The van der Waals surface area contributed by atoms with Crippen LogP contribution in [0.25, 0.3) is 0 Å². The predicted molar refractivity (Wildman–Crippen MR) is 142 cm³/mol. The molecule has 180 valence electrons. The summed E-state index contributed by atoms with van der Waals surface area (Å²) in [5.41, 5.74) is 2.63. The summed E-state index contributed by atoms with van der Waals surface area (Å²) in [5.74, 6) is 1.40. The molecule has 8 heteroatoms. The number of nitrogens with zero attached hydrogens (tertiary/aromatic N) is 3. The Morgan fingerprint density at radius 3 is 2.65 bits per heavy atom. The van der Waals surface area contributed by atoms with Gasteiger partial charge in [-0.2, -0.15) is 13.5 Å². The molecular formula is C26H31ClN4O2S. The maximum atomic E-state index is 13.2. The van der Waals surface area contributed by atoms with Gasteiger partial charge in [0.1, 0.15) is 17.7 Å². The van der Waals surface area contributed by atoms with Crippen LogP contribution in [0.3, 0.4) is 0 Å². The number of fused-ring (bicyclic) bond motifs is 1. The number of aromatic nitrogens is 1. The van der Waals surface area contributed by atoms with Crippen molar-refractivity contribution in [3.63, 3.8) is 0 Å². The molecule has 0 bridgehead atoms. The van der Waals surface area contributed by atoms with Crippen molar-refractivity contribution in [2.75, 3.05) is 38.6 Å². The zero-order chi connectivity index (χ0) is 23.2. The topological polar surface area (TPSA) is 57.7 Å². The Morgan fingerprint density at radius 1 is 1.12 bits per heavy atom. The first kappa shape index (κ1) is 25.9. The van der Waals surface area contributed by atoms with E-state index in [4.69, 9.17) is 16.3 Å². The lowest BCUT2D eigenvalue weighted by atomic mass is 10.1. The number of nitrogens with one attached hydrogen (secondary N) is 1. The number of hydrogen-bond donors (Lipinski definition) is 1. The van der Waals surface area contributed by atoms with Crippen molar-refractivity contribution in [3.8, 4) is 5.75 Å². The molecule has 0 unspecified atom stereocenters. The third-order valence-corrected chi connectivity index (χ3v) is 6.22. The molecule has 1 aliphatic rings. The van der Waals surface area contributed by atoms with Gasteiger partial charge < -0.3 is 19.9 Å². The van der Waals surface area contributed by atoms with E-state index in [-0.39, 0.29) is 25.5 Å². The highest BCUT2D eigenvalue weighted by Gasteiger charge is 2.26. The van der Waals surface area contributed by atoms with Crippen LogP contribution < -0.4 is 15.0 Å². The SMILES string of the molecule is CNCC[C@H](Oc1ccc(CN2CCN(C)c3ncccc3C2=O)c(Cl)c1)c1ccccc1.S. The maximum absolute atomic E-state index is 13.2. The van der Waals surface area contributed by atoms with Gasteiger partial charge in [-0.1, -0.05) is 48.0 Å². The van der Waals surface area contributed by atoms with E-state index < -0.39 is 0 Å². The Labute approximate surface area is 213 Å². The molecule has 6 nitrogen and oxygen atoms in total. The quantitative estimate of drug-likeness (QED) is 0.489. The standard InChI is InChI=1S/C26H29ClN4O2.H2S/c1-28-14-12-24(19-7-4-3-5-8-19)33-21-11-10-20(23(27)17-21)18-31-16-15-30(2)25-22(26(31)32)9-6-13-29-25;/h3-11,13,17,24,28H,12,14-16,18H2,1-2H3;1H2/t24-;/m0./s1. The van der Waals surface area contributed by atoms with E-state index in [9.17, 15) is 4.79 Å². The number of amides is 1. The van der Waals surface area contributed by atoms with Gasteiger partial charge in [0.2, 0.25) is 0 Å². The lowest BCUT2D eigenvalue weighted by Gasteiger charge is -2.23. The van der Waals surface area contributed by atoms with Crippen molar-refractivity contribution in [3.05, 3.63) is 88.6 Å². The number of anilines is 1. The molecule has 1 aliphatic heterocycles. The summed E-state index contributed by atoms with van der Waals surface area (Å²) in [6.07, 6.45) is 2.48. The van der Waals surface area contributed by atoms with Gasteiger partial charge in [-0.25, -0.2) is 4.98 Å². The van der Waals surface area contributed by atoms with Gasteiger partial charge >= 0.3 is 0 Å². The number of hydrogen-bond acceptors (Lipinski definition) is 5. The predicted octanol–water partition coefficient (Wildman–Crippen LogP) is 4.67. The summed E-state index contributed by atoms with van der Waals surface area (Å²) in [5, 5.41) is 3.78. The minimum Gasteiger partial charge on any atom is -0.486 e. The molecule has 0 radical (unpaired) electrons. The Bertz CT molecular complexity index is 1100. The Hall–Kier alpha value is -2.74. The first-order chi connectivity index (χ1) is 16.1. The molecule has 2 heterocycles. The van der Waals surface area contributed by atoms with Crippen LogP contribution in [0.15, 0.2) is 66.9 Å². The molecular weight excluding hydrogens is 468 g/mol. The van der Waals surface area contributed by atoms with E-state index in [1.54, 1.807) is 12.3 Å². The molecule has 0 saturated carbocycles. The molecule has 1 aromatic heterocycles. The molecule has 0 fully saturated rings. The Balaban J connectivity index is 0.00000324.